The van der Waals surface area contributed by atoms with E-state index in [-0.39, 0.29) is 23.0 Å². The van der Waals surface area contributed by atoms with Crippen LogP contribution in [0.5, 0.6) is 0 Å². The van der Waals surface area contributed by atoms with Crippen LogP contribution in [0.1, 0.15) is 12.8 Å². The summed E-state index contributed by atoms with van der Waals surface area (Å²) in [6, 6.07) is 14.1. The van der Waals surface area contributed by atoms with Crippen molar-refractivity contribution in [3.05, 3.63) is 53.0 Å². The Bertz CT molecular complexity index is 1190. The number of amides is 1. The summed E-state index contributed by atoms with van der Waals surface area (Å²) in [4.78, 5) is 22.1. The normalized spacial score (nSPS) is 15.1. The van der Waals surface area contributed by atoms with Crippen molar-refractivity contribution in [2.75, 3.05) is 50.0 Å². The fourth-order valence-electron chi connectivity index (χ4n) is 3.71. The minimum absolute atomic E-state index is 0.0889. The number of halogens is 1. The van der Waals surface area contributed by atoms with Gasteiger partial charge in [0.25, 0.3) is 0 Å². The van der Waals surface area contributed by atoms with Gasteiger partial charge in [0.15, 0.2) is 15.0 Å². The summed E-state index contributed by atoms with van der Waals surface area (Å²) in [6.45, 7) is 4.57. The third-order valence-electron chi connectivity index (χ3n) is 5.52. The number of carbonyl (C=O) groups excluding carboxylic acids is 1. The highest BCUT2D eigenvalue weighted by Crippen LogP contribution is 2.31. The predicted molar refractivity (Wildman–Crippen MR) is 135 cm³/mol. The van der Waals surface area contributed by atoms with Gasteiger partial charge in [0.2, 0.25) is 5.91 Å². The zero-order valence-electron chi connectivity index (χ0n) is 18.2. The van der Waals surface area contributed by atoms with E-state index >= 15 is 0 Å². The maximum absolute atomic E-state index is 13.2. The quantitative estimate of drug-likeness (QED) is 0.400. The van der Waals surface area contributed by atoms with Crippen LogP contribution in [0, 0.1) is 0 Å². The lowest BCUT2D eigenvalue weighted by Crippen LogP contribution is -2.39. The van der Waals surface area contributed by atoms with Crippen molar-refractivity contribution < 1.29 is 17.9 Å². The van der Waals surface area contributed by atoms with Gasteiger partial charge in [-0.3, -0.25) is 14.6 Å². The Morgan fingerprint density at radius 2 is 1.91 bits per heavy atom. The van der Waals surface area contributed by atoms with Gasteiger partial charge < -0.3 is 4.74 Å². The van der Waals surface area contributed by atoms with Crippen LogP contribution in [0.25, 0.3) is 10.2 Å². The molecule has 0 unspecified atom stereocenters. The molecule has 0 spiro atoms. The number of morpholine rings is 1. The lowest BCUT2D eigenvalue weighted by atomic mass is 10.3. The number of hydrogen-bond donors (Lipinski definition) is 0. The van der Waals surface area contributed by atoms with Crippen molar-refractivity contribution in [1.29, 1.82) is 0 Å². The van der Waals surface area contributed by atoms with E-state index in [9.17, 15) is 13.2 Å². The number of sulfone groups is 1. The lowest BCUT2D eigenvalue weighted by molar-refractivity contribution is -0.118. The van der Waals surface area contributed by atoms with E-state index in [1.807, 2.05) is 18.2 Å². The Morgan fingerprint density at radius 1 is 1.15 bits per heavy atom. The number of nitrogens with zero attached hydrogens (tertiary/aromatic N) is 3. The van der Waals surface area contributed by atoms with Crippen molar-refractivity contribution in [2.24, 2.45) is 0 Å². The zero-order valence-corrected chi connectivity index (χ0v) is 21.4. The largest absolute Gasteiger partial charge is 0.379 e. The van der Waals surface area contributed by atoms with Gasteiger partial charge in [0, 0.05) is 37.1 Å². The molecule has 7 nitrogen and oxygen atoms in total. The predicted octanol–water partition coefficient (Wildman–Crippen LogP) is 3.98. The summed E-state index contributed by atoms with van der Waals surface area (Å²) in [7, 11) is -3.53. The molecule has 10 heteroatoms. The second kappa shape index (κ2) is 11.1. The molecule has 1 saturated heterocycles. The van der Waals surface area contributed by atoms with Gasteiger partial charge in [-0.1, -0.05) is 45.5 Å². The molecule has 176 valence electrons. The number of rotatable bonds is 9. The van der Waals surface area contributed by atoms with Crippen molar-refractivity contribution in [3.63, 3.8) is 0 Å². The molecule has 2 heterocycles. The van der Waals surface area contributed by atoms with E-state index in [1.165, 1.54) is 11.3 Å². The molecule has 0 atom stereocenters. The number of fused-ring (bicyclic) bond motifs is 1. The standard InChI is InChI=1S/C23H26BrN3O4S2/c24-18-7-8-20-21(17-18)32-23(25-20)27(11-4-10-26-12-14-31-15-13-26)22(28)9-16-33(29,30)19-5-2-1-3-6-19/h1-3,5-8,17H,4,9-16H2. The van der Waals surface area contributed by atoms with Gasteiger partial charge in [0.05, 0.1) is 34.1 Å². The molecule has 0 saturated carbocycles. The van der Waals surface area contributed by atoms with Crippen LogP contribution in [0.4, 0.5) is 5.13 Å². The Labute approximate surface area is 206 Å². The fourth-order valence-corrected chi connectivity index (χ4v) is 6.52. The molecular weight excluding hydrogens is 526 g/mol. The van der Waals surface area contributed by atoms with Gasteiger partial charge in [0.1, 0.15) is 0 Å². The average molecular weight is 553 g/mol. The van der Waals surface area contributed by atoms with Crippen LogP contribution < -0.4 is 4.90 Å². The summed E-state index contributed by atoms with van der Waals surface area (Å²) in [5.74, 6) is -0.457. The second-order valence-electron chi connectivity index (χ2n) is 7.84. The minimum atomic E-state index is -3.53. The topological polar surface area (TPSA) is 79.8 Å². The second-order valence-corrected chi connectivity index (χ2v) is 11.9. The van der Waals surface area contributed by atoms with E-state index in [4.69, 9.17) is 4.74 Å². The summed E-state index contributed by atoms with van der Waals surface area (Å²) in [5.41, 5.74) is 0.820. The summed E-state index contributed by atoms with van der Waals surface area (Å²) in [5, 5.41) is 0.604. The first-order valence-corrected chi connectivity index (χ1v) is 14.1. The summed E-state index contributed by atoms with van der Waals surface area (Å²) < 4.78 is 32.7. The third kappa shape index (κ3) is 6.39. The number of carbonyl (C=O) groups is 1. The van der Waals surface area contributed by atoms with Crippen LogP contribution in [0.15, 0.2) is 57.9 Å². The molecule has 4 rings (SSSR count). The fraction of sp³-hybridized carbons (Fsp3) is 0.391. The monoisotopic (exact) mass is 551 g/mol. The minimum Gasteiger partial charge on any atom is -0.379 e. The molecule has 0 N–H and O–H groups in total. The Hall–Kier alpha value is -1.85. The molecule has 1 aliphatic heterocycles. The molecule has 1 fully saturated rings. The molecule has 0 radical (unpaired) electrons. The Kier molecular flexibility index (Phi) is 8.13. The van der Waals surface area contributed by atoms with Crippen molar-refractivity contribution in [1.82, 2.24) is 9.88 Å². The van der Waals surface area contributed by atoms with Crippen LogP contribution in [0.2, 0.25) is 0 Å². The summed E-state index contributed by atoms with van der Waals surface area (Å²) in [6.07, 6.45) is 0.686. The van der Waals surface area contributed by atoms with E-state index in [0.29, 0.717) is 11.7 Å². The lowest BCUT2D eigenvalue weighted by Gasteiger charge is -2.27. The molecule has 2 aromatic carbocycles. The first-order chi connectivity index (χ1) is 15.9. The van der Waals surface area contributed by atoms with E-state index in [0.717, 1.165) is 54.0 Å². The SMILES string of the molecule is O=C(CCS(=O)(=O)c1ccccc1)N(CCCN1CCOCC1)c1nc2ccc(Br)cc2s1. The highest BCUT2D eigenvalue weighted by molar-refractivity contribution is 9.10. The molecule has 3 aromatic rings. The number of benzene rings is 2. The number of aromatic nitrogens is 1. The van der Waals surface area contributed by atoms with Gasteiger partial charge >= 0.3 is 0 Å². The number of ether oxygens (including phenoxy) is 1. The van der Waals surface area contributed by atoms with Gasteiger partial charge in [-0.25, -0.2) is 13.4 Å². The van der Waals surface area contributed by atoms with Crippen molar-refractivity contribution in [3.8, 4) is 0 Å². The maximum Gasteiger partial charge on any atom is 0.229 e. The first-order valence-electron chi connectivity index (χ1n) is 10.9. The third-order valence-corrected chi connectivity index (χ3v) is 8.78. The van der Waals surface area contributed by atoms with E-state index in [2.05, 4.69) is 25.8 Å². The number of anilines is 1. The highest BCUT2D eigenvalue weighted by atomic mass is 79.9. The van der Waals surface area contributed by atoms with Gasteiger partial charge in [-0.05, 0) is 36.8 Å². The molecule has 1 aliphatic rings. The first kappa shape index (κ1) is 24.3. The van der Waals surface area contributed by atoms with E-state index in [1.54, 1.807) is 35.2 Å². The van der Waals surface area contributed by atoms with E-state index < -0.39 is 9.84 Å². The molecule has 33 heavy (non-hydrogen) atoms. The number of hydrogen-bond acceptors (Lipinski definition) is 7. The highest BCUT2D eigenvalue weighted by Gasteiger charge is 2.23. The van der Waals surface area contributed by atoms with Crippen LogP contribution >= 0.6 is 27.3 Å². The Balaban J connectivity index is 1.48. The molecule has 0 aliphatic carbocycles. The van der Waals surface area contributed by atoms with Crippen LogP contribution in [-0.2, 0) is 19.4 Å². The molecular formula is C23H26BrN3O4S2. The molecule has 1 amide bonds. The summed E-state index contributed by atoms with van der Waals surface area (Å²) >= 11 is 4.92. The maximum atomic E-state index is 13.2. The average Bonchev–Trinajstić information content (AvgIpc) is 3.24. The van der Waals surface area contributed by atoms with Gasteiger partial charge in [-0.2, -0.15) is 0 Å². The smallest absolute Gasteiger partial charge is 0.229 e. The Morgan fingerprint density at radius 3 is 2.67 bits per heavy atom. The zero-order chi connectivity index (χ0) is 23.3. The molecule has 0 bridgehead atoms. The van der Waals surface area contributed by atoms with Crippen molar-refractivity contribution in [2.45, 2.75) is 17.7 Å². The molecule has 1 aromatic heterocycles. The number of thiazole rings is 1. The van der Waals surface area contributed by atoms with Crippen molar-refractivity contribution >= 4 is 58.4 Å². The van der Waals surface area contributed by atoms with Crippen LogP contribution in [-0.4, -0.2) is 69.4 Å². The van der Waals surface area contributed by atoms with Gasteiger partial charge in [-0.15, -0.1) is 0 Å². The van der Waals surface area contributed by atoms with Crippen LogP contribution in [0.3, 0.4) is 0 Å².